The summed E-state index contributed by atoms with van der Waals surface area (Å²) >= 11 is 0. The lowest BCUT2D eigenvalue weighted by Gasteiger charge is -2.32. The van der Waals surface area contributed by atoms with E-state index in [4.69, 9.17) is 4.74 Å². The van der Waals surface area contributed by atoms with Gasteiger partial charge in [0.1, 0.15) is 23.8 Å². The number of esters is 1. The number of hydrogen-bond donors (Lipinski definition) is 2. The Bertz CT molecular complexity index is 595. The van der Waals surface area contributed by atoms with Gasteiger partial charge in [-0.25, -0.2) is 9.18 Å². The third-order valence-corrected chi connectivity index (χ3v) is 4.55. The van der Waals surface area contributed by atoms with Crippen molar-refractivity contribution in [1.29, 1.82) is 0 Å². The third-order valence-electron chi connectivity index (χ3n) is 4.55. The first kappa shape index (κ1) is 16.2. The summed E-state index contributed by atoms with van der Waals surface area (Å²) in [6.45, 7) is 1.61. The van der Waals surface area contributed by atoms with Crippen molar-refractivity contribution in [3.05, 3.63) is 29.1 Å². The molecule has 23 heavy (non-hydrogen) atoms. The van der Waals surface area contributed by atoms with E-state index < -0.39 is 17.4 Å². The molecule has 1 saturated carbocycles. The van der Waals surface area contributed by atoms with Gasteiger partial charge in [0.2, 0.25) is 0 Å². The molecule has 5 nitrogen and oxygen atoms in total. The normalized spacial score (nSPS) is 20.1. The van der Waals surface area contributed by atoms with E-state index in [1.165, 1.54) is 19.2 Å². The molecule has 3 rings (SSSR count). The first-order valence-corrected chi connectivity index (χ1v) is 8.00. The first-order chi connectivity index (χ1) is 11.0. The van der Waals surface area contributed by atoms with Crippen molar-refractivity contribution in [2.75, 3.05) is 26.8 Å². The highest BCUT2D eigenvalue weighted by Gasteiger charge is 2.33. The van der Waals surface area contributed by atoms with Gasteiger partial charge in [-0.3, -0.25) is 0 Å². The first-order valence-electron chi connectivity index (χ1n) is 8.00. The van der Waals surface area contributed by atoms with Gasteiger partial charge in [0, 0.05) is 6.07 Å². The molecule has 2 N–H and O–H groups in total. The molecule has 0 aromatic heterocycles. The fourth-order valence-electron chi connectivity index (χ4n) is 2.93. The number of carbonyl (C=O) groups is 1. The van der Waals surface area contributed by atoms with Crippen LogP contribution in [0.2, 0.25) is 0 Å². The van der Waals surface area contributed by atoms with Gasteiger partial charge in [0.25, 0.3) is 0 Å². The molecule has 0 amide bonds. The molecule has 1 aliphatic heterocycles. The lowest BCUT2D eigenvalue weighted by atomic mass is 9.93. The molecule has 0 unspecified atom stereocenters. The summed E-state index contributed by atoms with van der Waals surface area (Å²) in [4.78, 5) is 11.6. The predicted molar refractivity (Wildman–Crippen MR) is 82.3 cm³/mol. The number of ether oxygens (including phenoxy) is 2. The van der Waals surface area contributed by atoms with E-state index >= 15 is 0 Å². The van der Waals surface area contributed by atoms with Gasteiger partial charge in [-0.05, 0) is 56.3 Å². The Kier molecular flexibility index (Phi) is 4.55. The summed E-state index contributed by atoms with van der Waals surface area (Å²) in [7, 11) is 1.23. The second-order valence-electron chi connectivity index (χ2n) is 6.40. The predicted octanol–water partition coefficient (Wildman–Crippen LogP) is 1.98. The zero-order valence-corrected chi connectivity index (χ0v) is 13.2. The standard InChI is InChI=1S/C17H22FNO4/c1-22-16(20)13-8-12(11-2-3-11)15(9-14(13)18)23-10-17(21)4-6-19-7-5-17/h8-9,11,19,21H,2-7,10H2,1H3. The van der Waals surface area contributed by atoms with Crippen molar-refractivity contribution < 1.29 is 23.8 Å². The van der Waals surface area contributed by atoms with Gasteiger partial charge in [-0.15, -0.1) is 0 Å². The maximum absolute atomic E-state index is 14.2. The average molecular weight is 323 g/mol. The second kappa shape index (κ2) is 6.45. The van der Waals surface area contributed by atoms with Gasteiger partial charge in [-0.1, -0.05) is 0 Å². The van der Waals surface area contributed by atoms with Gasteiger partial charge in [0.05, 0.1) is 12.7 Å². The molecule has 0 radical (unpaired) electrons. The van der Waals surface area contributed by atoms with E-state index in [0.717, 1.165) is 31.5 Å². The molecular weight excluding hydrogens is 301 g/mol. The van der Waals surface area contributed by atoms with Crippen LogP contribution in [0.3, 0.4) is 0 Å². The highest BCUT2D eigenvalue weighted by atomic mass is 19.1. The molecule has 1 aromatic carbocycles. The van der Waals surface area contributed by atoms with E-state index in [1.54, 1.807) is 0 Å². The fraction of sp³-hybridized carbons (Fsp3) is 0.588. The van der Waals surface area contributed by atoms with Crippen molar-refractivity contribution in [2.45, 2.75) is 37.2 Å². The molecule has 6 heteroatoms. The molecule has 126 valence electrons. The molecule has 2 aliphatic rings. The van der Waals surface area contributed by atoms with Crippen LogP contribution in [0, 0.1) is 5.82 Å². The minimum Gasteiger partial charge on any atom is -0.490 e. The van der Waals surface area contributed by atoms with Crippen LogP contribution in [0.4, 0.5) is 4.39 Å². The number of benzene rings is 1. The molecule has 1 heterocycles. The number of methoxy groups -OCH3 is 1. The Morgan fingerprint density at radius 2 is 2.09 bits per heavy atom. The maximum Gasteiger partial charge on any atom is 0.340 e. The summed E-state index contributed by atoms with van der Waals surface area (Å²) in [5.74, 6) is -0.636. The van der Waals surface area contributed by atoms with Crippen molar-refractivity contribution in [3.63, 3.8) is 0 Å². The number of aliphatic hydroxyl groups is 1. The Morgan fingerprint density at radius 3 is 2.70 bits per heavy atom. The third kappa shape index (κ3) is 3.64. The molecule has 0 atom stereocenters. The Labute approximate surface area is 134 Å². The van der Waals surface area contributed by atoms with Gasteiger partial charge in [-0.2, -0.15) is 0 Å². The minimum absolute atomic E-state index is 0.0673. The summed E-state index contributed by atoms with van der Waals surface area (Å²) in [6, 6.07) is 2.77. The number of piperidine rings is 1. The maximum atomic E-state index is 14.2. The zero-order valence-electron chi connectivity index (χ0n) is 13.2. The van der Waals surface area contributed by atoms with Gasteiger partial charge in [0.15, 0.2) is 0 Å². The van der Waals surface area contributed by atoms with Crippen molar-refractivity contribution in [3.8, 4) is 5.75 Å². The molecule has 0 spiro atoms. The lowest BCUT2D eigenvalue weighted by Crippen LogP contribution is -2.46. The van der Waals surface area contributed by atoms with E-state index in [1.807, 2.05) is 0 Å². The zero-order chi connectivity index (χ0) is 16.4. The largest absolute Gasteiger partial charge is 0.490 e. The Hall–Kier alpha value is -1.66. The van der Waals surface area contributed by atoms with Crippen LogP contribution in [-0.2, 0) is 4.74 Å². The number of halogens is 1. The Morgan fingerprint density at radius 1 is 1.39 bits per heavy atom. The van der Waals surface area contributed by atoms with Gasteiger partial charge >= 0.3 is 5.97 Å². The van der Waals surface area contributed by atoms with Crippen LogP contribution < -0.4 is 10.1 Å². The fourth-order valence-corrected chi connectivity index (χ4v) is 2.93. The summed E-state index contributed by atoms with van der Waals surface area (Å²) in [5, 5.41) is 13.7. The number of carbonyl (C=O) groups excluding carboxylic acids is 1. The number of nitrogens with one attached hydrogen (secondary N) is 1. The molecule has 1 aromatic rings. The SMILES string of the molecule is COC(=O)c1cc(C2CC2)c(OCC2(O)CCNCC2)cc1F. The Balaban J connectivity index is 1.80. The van der Waals surface area contributed by atoms with Crippen molar-refractivity contribution >= 4 is 5.97 Å². The minimum atomic E-state index is -0.885. The van der Waals surface area contributed by atoms with E-state index in [2.05, 4.69) is 10.1 Å². The second-order valence-corrected chi connectivity index (χ2v) is 6.40. The van der Waals surface area contributed by atoms with E-state index in [9.17, 15) is 14.3 Å². The molecule has 1 saturated heterocycles. The number of hydrogen-bond acceptors (Lipinski definition) is 5. The van der Waals surface area contributed by atoms with Crippen molar-refractivity contribution in [1.82, 2.24) is 5.32 Å². The summed E-state index contributed by atoms with van der Waals surface area (Å²) in [6.07, 6.45) is 3.20. The van der Waals surface area contributed by atoms with Crippen molar-refractivity contribution in [2.24, 2.45) is 0 Å². The molecule has 0 bridgehead atoms. The van der Waals surface area contributed by atoms with Crippen LogP contribution in [-0.4, -0.2) is 43.5 Å². The quantitative estimate of drug-likeness (QED) is 0.811. The van der Waals surface area contributed by atoms with Gasteiger partial charge < -0.3 is 19.9 Å². The topological polar surface area (TPSA) is 67.8 Å². The highest BCUT2D eigenvalue weighted by Crippen LogP contribution is 2.45. The highest BCUT2D eigenvalue weighted by molar-refractivity contribution is 5.90. The summed E-state index contributed by atoms with van der Waals surface area (Å²) < 4.78 is 24.5. The molecule has 2 fully saturated rings. The number of rotatable bonds is 5. The smallest absolute Gasteiger partial charge is 0.340 e. The van der Waals surface area contributed by atoms with Crippen LogP contribution in [0.1, 0.15) is 47.5 Å². The lowest BCUT2D eigenvalue weighted by molar-refractivity contribution is -0.0289. The van der Waals surface area contributed by atoms with E-state index in [0.29, 0.717) is 18.6 Å². The van der Waals surface area contributed by atoms with E-state index in [-0.39, 0.29) is 18.1 Å². The average Bonchev–Trinajstić information content (AvgIpc) is 3.38. The van der Waals surface area contributed by atoms with Crippen LogP contribution in [0.5, 0.6) is 5.75 Å². The van der Waals surface area contributed by atoms with Crippen LogP contribution in [0.15, 0.2) is 12.1 Å². The monoisotopic (exact) mass is 323 g/mol. The van der Waals surface area contributed by atoms with Crippen LogP contribution in [0.25, 0.3) is 0 Å². The molecule has 1 aliphatic carbocycles. The molecular formula is C17H22FNO4. The summed E-state index contributed by atoms with van der Waals surface area (Å²) in [5.41, 5.74) is -0.129. The van der Waals surface area contributed by atoms with Crippen LogP contribution >= 0.6 is 0 Å².